The minimum absolute atomic E-state index is 0.585. The third-order valence-corrected chi connectivity index (χ3v) is 3.47. The summed E-state index contributed by atoms with van der Waals surface area (Å²) in [7, 11) is 0. The predicted molar refractivity (Wildman–Crippen MR) is 69.0 cm³/mol. The number of rotatable bonds is 1. The Morgan fingerprint density at radius 1 is 1.62 bits per heavy atom. The van der Waals surface area contributed by atoms with Crippen molar-refractivity contribution in [3.05, 3.63) is 21.8 Å². The summed E-state index contributed by atoms with van der Waals surface area (Å²) >= 11 is 9.47. The molecule has 5 heteroatoms. The molecule has 0 aromatic carbocycles. The topological polar surface area (TPSA) is 36.4 Å². The van der Waals surface area contributed by atoms with Gasteiger partial charge in [0.15, 0.2) is 0 Å². The Bertz CT molecular complexity index is 398. The van der Waals surface area contributed by atoms with Gasteiger partial charge in [-0.1, -0.05) is 11.6 Å². The summed E-state index contributed by atoms with van der Waals surface area (Å²) in [4.78, 5) is 6.34. The second kappa shape index (κ2) is 4.51. The molecule has 0 saturated carbocycles. The highest BCUT2D eigenvalue weighted by atomic mass is 79.9. The van der Waals surface area contributed by atoms with Crippen LogP contribution in [0.15, 0.2) is 16.7 Å². The average molecular weight is 306 g/mol. The summed E-state index contributed by atoms with van der Waals surface area (Å²) in [5.41, 5.74) is -0.643. The normalized spacial score (nSPS) is 25.9. The third kappa shape index (κ3) is 2.67. The van der Waals surface area contributed by atoms with Gasteiger partial charge in [0.25, 0.3) is 0 Å². The van der Waals surface area contributed by atoms with Gasteiger partial charge in [-0.2, -0.15) is 0 Å². The number of piperidine rings is 1. The molecule has 1 aliphatic rings. The van der Waals surface area contributed by atoms with Gasteiger partial charge in [0.1, 0.15) is 5.82 Å². The van der Waals surface area contributed by atoms with Crippen LogP contribution in [0.4, 0.5) is 5.82 Å². The number of hydrogen-bond donors (Lipinski definition) is 1. The first-order valence-electron chi connectivity index (χ1n) is 5.26. The number of aromatic nitrogens is 1. The van der Waals surface area contributed by atoms with Gasteiger partial charge in [0.05, 0.1) is 10.6 Å². The van der Waals surface area contributed by atoms with Crippen LogP contribution in [-0.2, 0) is 0 Å². The lowest BCUT2D eigenvalue weighted by Crippen LogP contribution is -2.46. The van der Waals surface area contributed by atoms with E-state index >= 15 is 0 Å². The first kappa shape index (κ1) is 12.1. The second-order valence-electron chi connectivity index (χ2n) is 4.48. The zero-order chi connectivity index (χ0) is 11.8. The van der Waals surface area contributed by atoms with Crippen LogP contribution in [0.3, 0.4) is 0 Å². The van der Waals surface area contributed by atoms with E-state index in [1.807, 2.05) is 17.9 Å². The molecule has 0 aliphatic carbocycles. The van der Waals surface area contributed by atoms with Crippen molar-refractivity contribution >= 4 is 33.3 Å². The van der Waals surface area contributed by atoms with Crippen molar-refractivity contribution in [2.24, 2.45) is 0 Å². The van der Waals surface area contributed by atoms with Crippen LogP contribution in [0.25, 0.3) is 0 Å². The summed E-state index contributed by atoms with van der Waals surface area (Å²) in [5.74, 6) is 0.754. The minimum Gasteiger partial charge on any atom is -0.388 e. The molecule has 1 unspecified atom stereocenters. The van der Waals surface area contributed by atoms with Crippen LogP contribution in [0.1, 0.15) is 19.8 Å². The standard InChI is InChI=1S/C11H14BrClN2O/c1-11(16)3-2-4-15(7-11)10-9(13)5-8(12)6-14-10/h5-6,16H,2-4,7H2,1H3. The van der Waals surface area contributed by atoms with Crippen LogP contribution in [0.2, 0.25) is 5.02 Å². The van der Waals surface area contributed by atoms with E-state index in [2.05, 4.69) is 20.9 Å². The van der Waals surface area contributed by atoms with E-state index in [4.69, 9.17) is 11.6 Å². The lowest BCUT2D eigenvalue weighted by molar-refractivity contribution is 0.0447. The zero-order valence-electron chi connectivity index (χ0n) is 9.08. The van der Waals surface area contributed by atoms with Crippen molar-refractivity contribution in [1.29, 1.82) is 0 Å². The summed E-state index contributed by atoms with van der Waals surface area (Å²) in [6.07, 6.45) is 3.52. The molecule has 0 radical (unpaired) electrons. The van der Waals surface area contributed by atoms with Gasteiger partial charge in [-0.25, -0.2) is 4.98 Å². The van der Waals surface area contributed by atoms with Gasteiger partial charge >= 0.3 is 0 Å². The molecule has 0 spiro atoms. The molecule has 1 atom stereocenters. The van der Waals surface area contributed by atoms with Crippen LogP contribution in [-0.4, -0.2) is 28.8 Å². The molecule has 3 nitrogen and oxygen atoms in total. The largest absolute Gasteiger partial charge is 0.388 e. The number of pyridine rings is 1. The van der Waals surface area contributed by atoms with Crippen molar-refractivity contribution in [3.8, 4) is 0 Å². The monoisotopic (exact) mass is 304 g/mol. The van der Waals surface area contributed by atoms with Crippen LogP contribution in [0.5, 0.6) is 0 Å². The number of nitrogens with zero attached hydrogens (tertiary/aromatic N) is 2. The molecular formula is C11H14BrClN2O. The smallest absolute Gasteiger partial charge is 0.147 e. The molecule has 1 aromatic rings. The van der Waals surface area contributed by atoms with E-state index in [1.54, 1.807) is 6.20 Å². The number of aliphatic hydroxyl groups is 1. The Balaban J connectivity index is 2.23. The average Bonchev–Trinajstić information content (AvgIpc) is 2.15. The molecule has 88 valence electrons. The highest BCUT2D eigenvalue weighted by Gasteiger charge is 2.29. The lowest BCUT2D eigenvalue weighted by atomic mass is 9.95. The second-order valence-corrected chi connectivity index (χ2v) is 5.80. The number of halogens is 2. The summed E-state index contributed by atoms with van der Waals surface area (Å²) in [6, 6.07) is 1.83. The molecule has 1 aliphatic heterocycles. The maximum atomic E-state index is 10.0. The molecule has 2 heterocycles. The van der Waals surface area contributed by atoms with Crippen LogP contribution >= 0.6 is 27.5 Å². The van der Waals surface area contributed by atoms with Gasteiger partial charge in [-0.3, -0.25) is 0 Å². The van der Waals surface area contributed by atoms with Gasteiger partial charge in [0.2, 0.25) is 0 Å². The van der Waals surface area contributed by atoms with Crippen LogP contribution < -0.4 is 4.90 Å². The molecule has 1 saturated heterocycles. The third-order valence-electron chi connectivity index (χ3n) is 2.76. The van der Waals surface area contributed by atoms with Gasteiger partial charge in [0, 0.05) is 23.8 Å². The Morgan fingerprint density at radius 2 is 2.38 bits per heavy atom. The SMILES string of the molecule is CC1(O)CCCN(c2ncc(Br)cc2Cl)C1. The molecule has 0 bridgehead atoms. The first-order chi connectivity index (χ1) is 7.48. The Morgan fingerprint density at radius 3 is 3.00 bits per heavy atom. The van der Waals surface area contributed by atoms with E-state index in [0.717, 1.165) is 29.7 Å². The molecular weight excluding hydrogens is 291 g/mol. The van der Waals surface area contributed by atoms with Gasteiger partial charge in [-0.15, -0.1) is 0 Å². The van der Waals surface area contributed by atoms with E-state index in [0.29, 0.717) is 11.6 Å². The zero-order valence-corrected chi connectivity index (χ0v) is 11.4. The summed E-state index contributed by atoms with van der Waals surface area (Å²) in [6.45, 7) is 3.33. The molecule has 2 rings (SSSR count). The van der Waals surface area contributed by atoms with Crippen molar-refractivity contribution in [1.82, 2.24) is 4.98 Å². The van der Waals surface area contributed by atoms with Crippen molar-refractivity contribution in [2.45, 2.75) is 25.4 Å². The van der Waals surface area contributed by atoms with Crippen LogP contribution in [0, 0.1) is 0 Å². The number of β-amino-alcohol motifs (C(OH)–C–C–N with tert-alkyl or cyclic N) is 1. The molecule has 16 heavy (non-hydrogen) atoms. The maximum Gasteiger partial charge on any atom is 0.147 e. The molecule has 1 N–H and O–H groups in total. The first-order valence-corrected chi connectivity index (χ1v) is 6.43. The van der Waals surface area contributed by atoms with Gasteiger partial charge < -0.3 is 10.0 Å². The highest BCUT2D eigenvalue weighted by Crippen LogP contribution is 2.30. The quantitative estimate of drug-likeness (QED) is 0.867. The highest BCUT2D eigenvalue weighted by molar-refractivity contribution is 9.10. The fraction of sp³-hybridized carbons (Fsp3) is 0.545. The maximum absolute atomic E-state index is 10.0. The summed E-state index contributed by atoms with van der Waals surface area (Å²) < 4.78 is 0.866. The molecule has 0 amide bonds. The van der Waals surface area contributed by atoms with Crippen molar-refractivity contribution in [3.63, 3.8) is 0 Å². The minimum atomic E-state index is -0.643. The van der Waals surface area contributed by atoms with E-state index in [-0.39, 0.29) is 0 Å². The Labute approximate surface area is 109 Å². The fourth-order valence-electron chi connectivity index (χ4n) is 2.04. The van der Waals surface area contributed by atoms with Crippen molar-refractivity contribution in [2.75, 3.05) is 18.0 Å². The van der Waals surface area contributed by atoms with Gasteiger partial charge in [-0.05, 0) is 41.8 Å². The number of hydrogen-bond acceptors (Lipinski definition) is 3. The molecule has 1 aromatic heterocycles. The van der Waals surface area contributed by atoms with E-state index in [9.17, 15) is 5.11 Å². The Hall–Kier alpha value is -0.320. The predicted octanol–water partition coefficient (Wildman–Crippen LogP) is 2.85. The summed E-state index contributed by atoms with van der Waals surface area (Å²) in [5, 5.41) is 10.6. The number of anilines is 1. The fourth-order valence-corrected chi connectivity index (χ4v) is 2.79. The lowest BCUT2D eigenvalue weighted by Gasteiger charge is -2.37. The molecule has 1 fully saturated rings. The van der Waals surface area contributed by atoms with E-state index in [1.165, 1.54) is 0 Å². The van der Waals surface area contributed by atoms with E-state index < -0.39 is 5.60 Å². The Kier molecular flexibility index (Phi) is 3.42. The van der Waals surface area contributed by atoms with Crippen molar-refractivity contribution < 1.29 is 5.11 Å².